The maximum Gasteiger partial charge on any atom is 0.472 e. The minimum absolute atomic E-state index is 0.136. The Morgan fingerprint density at radius 2 is 1.70 bits per heavy atom. The van der Waals surface area contributed by atoms with Crippen LogP contribution in [0.3, 0.4) is 0 Å². The summed E-state index contributed by atoms with van der Waals surface area (Å²) in [5.41, 5.74) is 0. The van der Waals surface area contributed by atoms with Crippen LogP contribution in [0.5, 0.6) is 0 Å². The van der Waals surface area contributed by atoms with E-state index >= 15 is 0 Å². The zero-order valence-electron chi connectivity index (χ0n) is 17.7. The molecule has 0 aliphatic rings. The number of rotatable bonds is 16. The maximum atomic E-state index is 11.7. The number of phosphoric ester groups is 1. The van der Waals surface area contributed by atoms with Crippen molar-refractivity contribution in [2.24, 2.45) is 0 Å². The van der Waals surface area contributed by atoms with E-state index in [9.17, 15) is 14.3 Å². The van der Waals surface area contributed by atoms with Crippen LogP contribution in [0.15, 0.2) is 12.7 Å². The highest BCUT2D eigenvalue weighted by molar-refractivity contribution is 7.47. The van der Waals surface area contributed by atoms with Gasteiger partial charge in [0, 0.05) is 12.5 Å². The maximum absolute atomic E-state index is 11.7. The molecule has 3 atom stereocenters. The van der Waals surface area contributed by atoms with Crippen molar-refractivity contribution < 1.29 is 32.5 Å². The Bertz CT molecular complexity index is 473. The lowest BCUT2D eigenvalue weighted by atomic mass is 10.00. The Hall–Kier alpha value is -0.720. The van der Waals surface area contributed by atoms with E-state index in [0.29, 0.717) is 12.5 Å². The van der Waals surface area contributed by atoms with Gasteiger partial charge in [-0.1, -0.05) is 6.58 Å². The van der Waals surface area contributed by atoms with Gasteiger partial charge in [-0.25, -0.2) is 9.36 Å². The highest BCUT2D eigenvalue weighted by atomic mass is 31.2. The quantitative estimate of drug-likeness (QED) is 0.179. The highest BCUT2D eigenvalue weighted by Gasteiger charge is 2.33. The first-order valence-electron chi connectivity index (χ1n) is 10.0. The third-order valence-electron chi connectivity index (χ3n) is 5.29. The van der Waals surface area contributed by atoms with Crippen LogP contribution < -0.4 is 0 Å². The largest absolute Gasteiger partial charge is 0.472 e. The van der Waals surface area contributed by atoms with Gasteiger partial charge in [0.2, 0.25) is 0 Å². The molecule has 0 aromatic heterocycles. The van der Waals surface area contributed by atoms with Crippen molar-refractivity contribution in [3.05, 3.63) is 12.7 Å². The van der Waals surface area contributed by atoms with E-state index in [1.807, 2.05) is 6.92 Å². The molecular weight excluding hydrogens is 369 g/mol. The van der Waals surface area contributed by atoms with E-state index in [0.717, 1.165) is 43.4 Å². The zero-order valence-corrected chi connectivity index (χ0v) is 18.6. The molecule has 0 aromatic carbocycles. The van der Waals surface area contributed by atoms with Crippen LogP contribution in [0.25, 0.3) is 0 Å². The third kappa shape index (κ3) is 9.86. The van der Waals surface area contributed by atoms with Gasteiger partial charge in [-0.2, -0.15) is 0 Å². The third-order valence-corrected chi connectivity index (χ3v) is 6.39. The first-order chi connectivity index (χ1) is 12.7. The average molecular weight is 408 g/mol. The summed E-state index contributed by atoms with van der Waals surface area (Å²) in [6.45, 7) is 16.7. The summed E-state index contributed by atoms with van der Waals surface area (Å²) in [6.07, 6.45) is 4.29. The lowest BCUT2D eigenvalue weighted by Gasteiger charge is -2.43. The number of carbonyl (C=O) groups excluding carboxylic acids is 1. The minimum Gasteiger partial charge on any atom is -0.460 e. The number of esters is 1. The Morgan fingerprint density at radius 3 is 2.19 bits per heavy atom. The van der Waals surface area contributed by atoms with Crippen molar-refractivity contribution in [1.29, 1.82) is 0 Å². The molecule has 1 N–H and O–H groups in total. The van der Waals surface area contributed by atoms with Crippen LogP contribution >= 0.6 is 7.82 Å². The average Bonchev–Trinajstić information content (AvgIpc) is 2.62. The van der Waals surface area contributed by atoms with Gasteiger partial charge in [-0.3, -0.25) is 9.05 Å². The van der Waals surface area contributed by atoms with Crippen molar-refractivity contribution >= 4 is 13.8 Å². The molecule has 8 heteroatoms. The highest BCUT2D eigenvalue weighted by Crippen LogP contribution is 2.43. The van der Waals surface area contributed by atoms with Crippen molar-refractivity contribution in [2.45, 2.75) is 72.4 Å². The second-order valence-electron chi connectivity index (χ2n) is 6.71. The van der Waals surface area contributed by atoms with E-state index in [1.165, 1.54) is 6.08 Å². The Kier molecular flexibility index (Phi) is 13.1. The molecule has 0 radical (unpaired) electrons. The van der Waals surface area contributed by atoms with Gasteiger partial charge in [-0.05, 0) is 53.9 Å². The predicted molar refractivity (Wildman–Crippen MR) is 107 cm³/mol. The van der Waals surface area contributed by atoms with Crippen molar-refractivity contribution in [3.63, 3.8) is 0 Å². The number of quaternary nitrogens is 1. The van der Waals surface area contributed by atoms with Crippen molar-refractivity contribution in [1.82, 2.24) is 0 Å². The number of phosphoric acid groups is 1. The molecule has 0 rings (SSSR count). The molecule has 0 heterocycles. The first-order valence-corrected chi connectivity index (χ1v) is 11.5. The van der Waals surface area contributed by atoms with Crippen LogP contribution in [-0.2, 0) is 23.1 Å². The van der Waals surface area contributed by atoms with E-state index in [1.54, 1.807) is 6.92 Å². The van der Waals surface area contributed by atoms with Crippen molar-refractivity contribution in [3.8, 4) is 0 Å². The van der Waals surface area contributed by atoms with Gasteiger partial charge in [-0.15, -0.1) is 0 Å². The molecule has 0 amide bonds. The Labute approximate surface area is 164 Å². The van der Waals surface area contributed by atoms with E-state index in [4.69, 9.17) is 13.8 Å². The lowest BCUT2D eigenvalue weighted by molar-refractivity contribution is -0.947. The summed E-state index contributed by atoms with van der Waals surface area (Å²) in [4.78, 5) is 20.9. The fourth-order valence-corrected chi connectivity index (χ4v) is 4.33. The van der Waals surface area contributed by atoms with Crippen molar-refractivity contribution in [2.75, 3.05) is 32.8 Å². The van der Waals surface area contributed by atoms with Gasteiger partial charge in [0.05, 0.1) is 45.0 Å². The molecule has 0 aromatic rings. The Morgan fingerprint density at radius 1 is 1.11 bits per heavy atom. The van der Waals surface area contributed by atoms with Crippen LogP contribution in [0.1, 0.15) is 60.3 Å². The normalized spacial score (nSPS) is 16.4. The van der Waals surface area contributed by atoms with Gasteiger partial charge < -0.3 is 14.1 Å². The SMILES string of the molecule is C=CC(=O)OC(C)CCCC(CCOP(=O)(O)OCC)[N+](CC)(CC)CC. The molecule has 27 heavy (non-hydrogen) atoms. The second-order valence-corrected chi connectivity index (χ2v) is 8.17. The number of hydrogen-bond acceptors (Lipinski definition) is 5. The summed E-state index contributed by atoms with van der Waals surface area (Å²) < 4.78 is 27.8. The molecule has 0 spiro atoms. The Balaban J connectivity index is 4.82. The molecule has 7 nitrogen and oxygen atoms in total. The van der Waals surface area contributed by atoms with E-state index in [2.05, 4.69) is 27.4 Å². The fourth-order valence-electron chi connectivity index (χ4n) is 3.59. The molecule has 160 valence electrons. The zero-order chi connectivity index (χ0) is 20.9. The number of carbonyl (C=O) groups is 1. The summed E-state index contributed by atoms with van der Waals surface area (Å²) in [5, 5.41) is 0. The molecule has 0 aliphatic heterocycles. The van der Waals surface area contributed by atoms with Crippen LogP contribution in [0, 0.1) is 0 Å². The lowest BCUT2D eigenvalue weighted by Crippen LogP contribution is -2.55. The standard InChI is InChI=1S/C19H38NO6P/c1-7-19(21)26-17(6)13-12-14-18(20(8-2,9-3)10-4)15-16-25-27(22,23)24-11-5/h7,17-18H,1,8-16H2,2-6H3/p+1. The van der Waals surface area contributed by atoms with Crippen LogP contribution in [0.4, 0.5) is 0 Å². The van der Waals surface area contributed by atoms with Crippen LogP contribution in [-0.4, -0.2) is 60.3 Å². The summed E-state index contributed by atoms with van der Waals surface area (Å²) >= 11 is 0. The van der Waals surface area contributed by atoms with Crippen LogP contribution in [0.2, 0.25) is 0 Å². The number of hydrogen-bond donors (Lipinski definition) is 1. The molecule has 0 saturated carbocycles. The second kappa shape index (κ2) is 13.5. The van der Waals surface area contributed by atoms with Gasteiger partial charge in [0.25, 0.3) is 0 Å². The molecule has 0 saturated heterocycles. The first kappa shape index (κ1) is 26.3. The molecule has 0 bridgehead atoms. The number of ether oxygens (including phenoxy) is 1. The smallest absolute Gasteiger partial charge is 0.460 e. The van der Waals surface area contributed by atoms with Gasteiger partial charge in [0.1, 0.15) is 0 Å². The number of nitrogens with zero attached hydrogens (tertiary/aromatic N) is 1. The topological polar surface area (TPSA) is 82.1 Å². The summed E-state index contributed by atoms with van der Waals surface area (Å²) in [6, 6.07) is 0.300. The molecule has 3 unspecified atom stereocenters. The summed E-state index contributed by atoms with van der Waals surface area (Å²) in [5.74, 6) is -0.400. The van der Waals surface area contributed by atoms with Gasteiger partial charge in [0.15, 0.2) is 0 Å². The van der Waals surface area contributed by atoms with E-state index in [-0.39, 0.29) is 19.3 Å². The molecule has 0 fully saturated rings. The monoisotopic (exact) mass is 408 g/mol. The van der Waals surface area contributed by atoms with Gasteiger partial charge >= 0.3 is 13.8 Å². The predicted octanol–water partition coefficient (Wildman–Crippen LogP) is 4.06. The molecular formula is C19H39NO6P+. The van der Waals surface area contributed by atoms with E-state index < -0.39 is 13.8 Å². The minimum atomic E-state index is -3.96. The molecule has 0 aliphatic carbocycles. The fraction of sp³-hybridized carbons (Fsp3) is 0.842. The summed E-state index contributed by atoms with van der Waals surface area (Å²) in [7, 11) is -3.96.